The zero-order valence-corrected chi connectivity index (χ0v) is 15.6. The quantitative estimate of drug-likeness (QED) is 0.742. The van der Waals surface area contributed by atoms with Crippen molar-refractivity contribution in [2.45, 2.75) is 36.6 Å². The molecular weight excluding hydrogens is 368 g/mol. The molecule has 0 bridgehead atoms. The molecule has 0 atom stereocenters. The van der Waals surface area contributed by atoms with Gasteiger partial charge >= 0.3 is 0 Å². The predicted molar refractivity (Wildman–Crippen MR) is 91.6 cm³/mol. The lowest BCUT2D eigenvalue weighted by atomic mass is 10.2. The van der Waals surface area contributed by atoms with Gasteiger partial charge in [0.15, 0.2) is 11.5 Å². The van der Waals surface area contributed by atoms with Crippen LogP contribution in [-0.4, -0.2) is 53.3 Å². The Labute approximate surface area is 148 Å². The largest absolute Gasteiger partial charge is 0.454 e. The monoisotopic (exact) mass is 390 g/mol. The van der Waals surface area contributed by atoms with Crippen molar-refractivity contribution in [3.63, 3.8) is 0 Å². The van der Waals surface area contributed by atoms with E-state index in [0.29, 0.717) is 11.5 Å². The van der Waals surface area contributed by atoms with Crippen molar-refractivity contribution >= 4 is 20.0 Å². The maximum absolute atomic E-state index is 12.4. The number of fused-ring (bicyclic) bond motifs is 1. The van der Waals surface area contributed by atoms with Crippen molar-refractivity contribution in [3.05, 3.63) is 18.2 Å². The van der Waals surface area contributed by atoms with Crippen LogP contribution in [0.1, 0.15) is 25.7 Å². The van der Waals surface area contributed by atoms with E-state index in [2.05, 4.69) is 4.72 Å². The standard InChI is InChI=1S/C15H22N2O6S2/c1-24(18,19)17(12-4-2-3-5-12)9-8-16-25(20,21)13-6-7-14-15(10-13)23-11-22-14/h6-7,10,12,16H,2-5,8-9,11H2,1H3. The molecule has 1 saturated carbocycles. The summed E-state index contributed by atoms with van der Waals surface area (Å²) in [7, 11) is -7.13. The van der Waals surface area contributed by atoms with Crippen LogP contribution in [0.3, 0.4) is 0 Å². The number of sulfonamides is 2. The topological polar surface area (TPSA) is 102 Å². The van der Waals surface area contributed by atoms with Crippen molar-refractivity contribution < 1.29 is 26.3 Å². The molecule has 0 saturated heterocycles. The van der Waals surface area contributed by atoms with Crippen LogP contribution < -0.4 is 14.2 Å². The number of hydrogen-bond acceptors (Lipinski definition) is 6. The smallest absolute Gasteiger partial charge is 0.240 e. The molecule has 3 rings (SSSR count). The van der Waals surface area contributed by atoms with E-state index in [9.17, 15) is 16.8 Å². The molecule has 1 aromatic rings. The summed E-state index contributed by atoms with van der Waals surface area (Å²) in [6.07, 6.45) is 4.81. The van der Waals surface area contributed by atoms with Crippen LogP contribution in [0.25, 0.3) is 0 Å². The van der Waals surface area contributed by atoms with Crippen LogP contribution in [0.15, 0.2) is 23.1 Å². The highest BCUT2D eigenvalue weighted by molar-refractivity contribution is 7.89. The van der Waals surface area contributed by atoms with Crippen LogP contribution in [-0.2, 0) is 20.0 Å². The lowest BCUT2D eigenvalue weighted by Crippen LogP contribution is -2.43. The Kier molecular flexibility index (Phi) is 5.24. The van der Waals surface area contributed by atoms with E-state index < -0.39 is 20.0 Å². The fraction of sp³-hybridized carbons (Fsp3) is 0.600. The summed E-state index contributed by atoms with van der Waals surface area (Å²) in [5.41, 5.74) is 0. The number of hydrogen-bond donors (Lipinski definition) is 1. The van der Waals surface area contributed by atoms with E-state index in [4.69, 9.17) is 9.47 Å². The number of rotatable bonds is 7. The van der Waals surface area contributed by atoms with Gasteiger partial charge in [-0.05, 0) is 25.0 Å². The van der Waals surface area contributed by atoms with E-state index in [1.165, 1.54) is 22.5 Å². The van der Waals surface area contributed by atoms with Crippen molar-refractivity contribution in [1.29, 1.82) is 0 Å². The van der Waals surface area contributed by atoms with Crippen molar-refractivity contribution in [2.75, 3.05) is 26.1 Å². The van der Waals surface area contributed by atoms with Gasteiger partial charge < -0.3 is 9.47 Å². The summed E-state index contributed by atoms with van der Waals surface area (Å²) in [4.78, 5) is 0.0588. The van der Waals surface area contributed by atoms with E-state index in [0.717, 1.165) is 31.9 Å². The second-order valence-corrected chi connectivity index (χ2v) is 9.93. The van der Waals surface area contributed by atoms with Crippen LogP contribution in [0.4, 0.5) is 0 Å². The maximum Gasteiger partial charge on any atom is 0.240 e. The molecule has 0 aromatic heterocycles. The fourth-order valence-electron chi connectivity index (χ4n) is 3.23. The van der Waals surface area contributed by atoms with E-state index in [-0.39, 0.29) is 30.8 Å². The average molecular weight is 390 g/mol. The van der Waals surface area contributed by atoms with Gasteiger partial charge in [-0.2, -0.15) is 4.31 Å². The normalized spacial score (nSPS) is 18.2. The Morgan fingerprint density at radius 1 is 1.12 bits per heavy atom. The first-order valence-corrected chi connectivity index (χ1v) is 11.5. The molecule has 1 heterocycles. The Bertz CT molecular complexity index is 832. The summed E-state index contributed by atoms with van der Waals surface area (Å²) >= 11 is 0. The third-order valence-corrected chi connectivity index (χ3v) is 7.23. The van der Waals surface area contributed by atoms with Gasteiger partial charge in [0.05, 0.1) is 11.2 Å². The predicted octanol–water partition coefficient (Wildman–Crippen LogP) is 0.898. The van der Waals surface area contributed by atoms with Crippen LogP contribution in [0.2, 0.25) is 0 Å². The molecule has 0 amide bonds. The number of nitrogens with one attached hydrogen (secondary N) is 1. The van der Waals surface area contributed by atoms with Crippen molar-refractivity contribution in [3.8, 4) is 11.5 Å². The molecule has 10 heteroatoms. The summed E-state index contributed by atoms with van der Waals surface area (Å²) < 4.78 is 63.0. The van der Waals surface area contributed by atoms with Gasteiger partial charge in [0.2, 0.25) is 26.8 Å². The molecular formula is C15H22N2O6S2. The lowest BCUT2D eigenvalue weighted by molar-refractivity contribution is 0.174. The van der Waals surface area contributed by atoms with Gasteiger partial charge in [0, 0.05) is 25.2 Å². The van der Waals surface area contributed by atoms with Gasteiger partial charge in [-0.25, -0.2) is 21.6 Å². The molecule has 1 aliphatic heterocycles. The van der Waals surface area contributed by atoms with Crippen LogP contribution in [0.5, 0.6) is 11.5 Å². The Balaban J connectivity index is 1.65. The van der Waals surface area contributed by atoms with Crippen molar-refractivity contribution in [1.82, 2.24) is 9.03 Å². The summed E-state index contributed by atoms with van der Waals surface area (Å²) in [6, 6.07) is 4.33. The van der Waals surface area contributed by atoms with Gasteiger partial charge in [0.25, 0.3) is 0 Å². The number of nitrogens with zero attached hydrogens (tertiary/aromatic N) is 1. The van der Waals surface area contributed by atoms with E-state index in [1.54, 1.807) is 0 Å². The summed E-state index contributed by atoms with van der Waals surface area (Å²) in [5, 5.41) is 0. The Morgan fingerprint density at radius 3 is 2.48 bits per heavy atom. The molecule has 25 heavy (non-hydrogen) atoms. The molecule has 1 aromatic carbocycles. The first-order valence-electron chi connectivity index (χ1n) is 8.13. The first kappa shape index (κ1) is 18.4. The third kappa shape index (κ3) is 4.25. The van der Waals surface area contributed by atoms with E-state index >= 15 is 0 Å². The molecule has 1 fully saturated rings. The van der Waals surface area contributed by atoms with Crippen LogP contribution in [0, 0.1) is 0 Å². The molecule has 140 valence electrons. The minimum absolute atomic E-state index is 0.0142. The first-order chi connectivity index (χ1) is 11.8. The van der Waals surface area contributed by atoms with Crippen LogP contribution >= 0.6 is 0 Å². The zero-order chi connectivity index (χ0) is 18.1. The maximum atomic E-state index is 12.4. The molecule has 8 nitrogen and oxygen atoms in total. The molecule has 0 unspecified atom stereocenters. The molecule has 1 N–H and O–H groups in total. The lowest BCUT2D eigenvalue weighted by Gasteiger charge is -2.26. The minimum Gasteiger partial charge on any atom is -0.454 e. The number of benzene rings is 1. The zero-order valence-electron chi connectivity index (χ0n) is 14.0. The summed E-state index contributed by atoms with van der Waals surface area (Å²) in [5.74, 6) is 0.884. The van der Waals surface area contributed by atoms with Gasteiger partial charge in [-0.15, -0.1) is 0 Å². The van der Waals surface area contributed by atoms with Gasteiger partial charge in [-0.1, -0.05) is 12.8 Å². The third-order valence-electron chi connectivity index (χ3n) is 4.44. The molecule has 0 spiro atoms. The fourth-order valence-corrected chi connectivity index (χ4v) is 5.44. The van der Waals surface area contributed by atoms with Crippen molar-refractivity contribution in [2.24, 2.45) is 0 Å². The highest BCUT2D eigenvalue weighted by Crippen LogP contribution is 2.33. The Morgan fingerprint density at radius 2 is 1.80 bits per heavy atom. The second kappa shape index (κ2) is 7.10. The highest BCUT2D eigenvalue weighted by Gasteiger charge is 2.29. The van der Waals surface area contributed by atoms with Gasteiger partial charge in [-0.3, -0.25) is 0 Å². The SMILES string of the molecule is CS(=O)(=O)N(CCNS(=O)(=O)c1ccc2c(c1)OCO2)C1CCCC1. The van der Waals surface area contributed by atoms with Gasteiger partial charge in [0.1, 0.15) is 0 Å². The minimum atomic E-state index is -3.75. The molecule has 1 aliphatic carbocycles. The Hall–Kier alpha value is -1.36. The number of ether oxygens (including phenoxy) is 2. The molecule has 2 aliphatic rings. The highest BCUT2D eigenvalue weighted by atomic mass is 32.2. The summed E-state index contributed by atoms with van der Waals surface area (Å²) in [6.45, 7) is 0.199. The molecule has 0 radical (unpaired) electrons. The average Bonchev–Trinajstić information content (AvgIpc) is 3.20. The van der Waals surface area contributed by atoms with E-state index in [1.807, 2.05) is 0 Å². The second-order valence-electron chi connectivity index (χ2n) is 6.22.